The standard InChI is InChI=1S/C24H28O3S/c1-24-11-10-19-18-7-4-16(26)12-14(18)13-21(23(19)20(24)8-9-22(24)27)28-17-5-2-15(25)3-6-17/h2-7,12,19-23,25-27H,8-11,13H2,1H3/t19?,20?,21-,22+,23-,24+/m1/s1. The predicted octanol–water partition coefficient (Wildman–Crippen LogP) is 5.09. The van der Waals surface area contributed by atoms with E-state index in [9.17, 15) is 15.3 Å². The molecular weight excluding hydrogens is 368 g/mol. The van der Waals surface area contributed by atoms with Crippen LogP contribution in [-0.4, -0.2) is 26.7 Å². The Labute approximate surface area is 170 Å². The van der Waals surface area contributed by atoms with E-state index in [2.05, 4.69) is 13.0 Å². The Hall–Kier alpha value is -1.65. The number of aliphatic hydroxyl groups is 1. The highest BCUT2D eigenvalue weighted by Gasteiger charge is 2.56. The SMILES string of the molecule is C[C@]12CCC3c4ccc(O)cc4C[C@@H](Sc4ccc(O)cc4)[C@H]3C1CC[C@@H]2O. The first-order valence-corrected chi connectivity index (χ1v) is 11.3. The van der Waals surface area contributed by atoms with E-state index < -0.39 is 0 Å². The van der Waals surface area contributed by atoms with Gasteiger partial charge >= 0.3 is 0 Å². The van der Waals surface area contributed by atoms with Crippen LogP contribution in [0.25, 0.3) is 0 Å². The highest BCUT2D eigenvalue weighted by atomic mass is 32.2. The third kappa shape index (κ3) is 2.84. The fourth-order valence-electron chi connectivity index (χ4n) is 6.35. The number of aromatic hydroxyl groups is 2. The largest absolute Gasteiger partial charge is 0.508 e. The number of fused-ring (bicyclic) bond motifs is 5. The number of hydrogen-bond donors (Lipinski definition) is 3. The Morgan fingerprint density at radius 1 is 0.964 bits per heavy atom. The topological polar surface area (TPSA) is 60.7 Å². The van der Waals surface area contributed by atoms with Crippen LogP contribution in [-0.2, 0) is 6.42 Å². The molecule has 28 heavy (non-hydrogen) atoms. The average molecular weight is 397 g/mol. The molecule has 2 fully saturated rings. The Bertz CT molecular complexity index is 880. The van der Waals surface area contributed by atoms with Crippen molar-refractivity contribution in [3.05, 3.63) is 53.6 Å². The van der Waals surface area contributed by atoms with Crippen LogP contribution in [0.15, 0.2) is 47.4 Å². The van der Waals surface area contributed by atoms with Gasteiger partial charge in [-0.15, -0.1) is 11.8 Å². The van der Waals surface area contributed by atoms with Gasteiger partial charge in [0, 0.05) is 10.1 Å². The van der Waals surface area contributed by atoms with Crippen molar-refractivity contribution in [2.75, 3.05) is 0 Å². The van der Waals surface area contributed by atoms with Gasteiger partial charge in [-0.05, 0) is 103 Å². The summed E-state index contributed by atoms with van der Waals surface area (Å²) in [6, 6.07) is 13.4. The normalized spacial score (nSPS) is 36.4. The molecule has 0 heterocycles. The van der Waals surface area contributed by atoms with Gasteiger partial charge < -0.3 is 15.3 Å². The van der Waals surface area contributed by atoms with E-state index >= 15 is 0 Å². The zero-order valence-corrected chi connectivity index (χ0v) is 17.0. The third-order valence-electron chi connectivity index (χ3n) is 7.78. The van der Waals surface area contributed by atoms with Crippen molar-refractivity contribution in [3.63, 3.8) is 0 Å². The molecule has 0 amide bonds. The Balaban J connectivity index is 1.55. The summed E-state index contributed by atoms with van der Waals surface area (Å²) in [6.45, 7) is 2.31. The van der Waals surface area contributed by atoms with Crippen LogP contribution < -0.4 is 0 Å². The van der Waals surface area contributed by atoms with Crippen molar-refractivity contribution in [1.82, 2.24) is 0 Å². The minimum absolute atomic E-state index is 0.0311. The molecule has 6 atom stereocenters. The van der Waals surface area contributed by atoms with Crippen LogP contribution >= 0.6 is 11.8 Å². The maximum atomic E-state index is 10.7. The lowest BCUT2D eigenvalue weighted by molar-refractivity contribution is -0.0209. The first-order valence-electron chi connectivity index (χ1n) is 10.4. The molecule has 3 nitrogen and oxygen atoms in total. The van der Waals surface area contributed by atoms with Gasteiger partial charge in [-0.1, -0.05) is 13.0 Å². The van der Waals surface area contributed by atoms with Crippen LogP contribution in [0.2, 0.25) is 0 Å². The highest BCUT2D eigenvalue weighted by molar-refractivity contribution is 8.00. The van der Waals surface area contributed by atoms with Crippen molar-refractivity contribution in [3.8, 4) is 11.5 Å². The molecule has 3 N–H and O–H groups in total. The van der Waals surface area contributed by atoms with E-state index in [1.54, 1.807) is 12.1 Å². The monoisotopic (exact) mass is 396 g/mol. The van der Waals surface area contributed by atoms with Crippen LogP contribution in [0.3, 0.4) is 0 Å². The van der Waals surface area contributed by atoms with Gasteiger partial charge in [0.2, 0.25) is 0 Å². The van der Waals surface area contributed by atoms with Crippen LogP contribution in [0, 0.1) is 17.3 Å². The molecule has 2 saturated carbocycles. The van der Waals surface area contributed by atoms with Crippen molar-refractivity contribution in [1.29, 1.82) is 0 Å². The molecule has 2 unspecified atom stereocenters. The quantitative estimate of drug-likeness (QED) is 0.662. The molecule has 3 aliphatic rings. The summed E-state index contributed by atoms with van der Waals surface area (Å²) in [4.78, 5) is 1.18. The van der Waals surface area contributed by atoms with Crippen molar-refractivity contribution < 1.29 is 15.3 Å². The Morgan fingerprint density at radius 2 is 1.71 bits per heavy atom. The van der Waals surface area contributed by atoms with Gasteiger partial charge in [0.05, 0.1) is 6.10 Å². The fourth-order valence-corrected chi connectivity index (χ4v) is 7.79. The van der Waals surface area contributed by atoms with Gasteiger partial charge in [-0.25, -0.2) is 0 Å². The number of phenols is 2. The summed E-state index contributed by atoms with van der Waals surface area (Å²) in [5.74, 6) is 2.22. The second-order valence-electron chi connectivity index (χ2n) is 9.17. The number of rotatable bonds is 2. The number of phenolic OH excluding ortho intramolecular Hbond substituents is 2. The summed E-state index contributed by atoms with van der Waals surface area (Å²) in [7, 11) is 0. The number of hydrogen-bond acceptors (Lipinski definition) is 4. The van der Waals surface area contributed by atoms with E-state index in [1.165, 1.54) is 16.0 Å². The maximum Gasteiger partial charge on any atom is 0.115 e. The molecule has 3 aliphatic carbocycles. The minimum atomic E-state index is -0.181. The molecule has 2 aromatic rings. The molecule has 0 radical (unpaired) electrons. The average Bonchev–Trinajstić information content (AvgIpc) is 2.98. The summed E-state index contributed by atoms with van der Waals surface area (Å²) in [5.41, 5.74) is 2.72. The zero-order valence-electron chi connectivity index (χ0n) is 16.2. The van der Waals surface area contributed by atoms with Gasteiger partial charge in [-0.2, -0.15) is 0 Å². The second kappa shape index (κ2) is 6.70. The van der Waals surface area contributed by atoms with E-state index in [0.717, 1.165) is 32.1 Å². The predicted molar refractivity (Wildman–Crippen MR) is 112 cm³/mol. The summed E-state index contributed by atoms with van der Waals surface area (Å²) >= 11 is 1.90. The molecule has 148 valence electrons. The second-order valence-corrected chi connectivity index (χ2v) is 10.5. The van der Waals surface area contributed by atoms with E-state index in [-0.39, 0.29) is 11.5 Å². The number of thioether (sulfide) groups is 1. The van der Waals surface area contributed by atoms with Gasteiger partial charge in [0.15, 0.2) is 0 Å². The molecule has 0 aromatic heterocycles. The lowest BCUT2D eigenvalue weighted by Gasteiger charge is -2.52. The highest BCUT2D eigenvalue weighted by Crippen LogP contribution is 2.62. The van der Waals surface area contributed by atoms with Gasteiger partial charge in [0.1, 0.15) is 11.5 Å². The lowest BCUT2D eigenvalue weighted by Crippen LogP contribution is -2.48. The first-order chi connectivity index (χ1) is 13.5. The van der Waals surface area contributed by atoms with Crippen molar-refractivity contribution >= 4 is 11.8 Å². The smallest absolute Gasteiger partial charge is 0.115 e. The van der Waals surface area contributed by atoms with Crippen LogP contribution in [0.1, 0.15) is 49.7 Å². The molecule has 0 spiro atoms. The Morgan fingerprint density at radius 3 is 2.50 bits per heavy atom. The Kier molecular flexibility index (Phi) is 4.40. The molecule has 2 aromatic carbocycles. The zero-order chi connectivity index (χ0) is 19.5. The van der Waals surface area contributed by atoms with Crippen molar-refractivity contribution in [2.24, 2.45) is 17.3 Å². The molecule has 5 rings (SSSR count). The van der Waals surface area contributed by atoms with Crippen molar-refractivity contribution in [2.45, 2.75) is 61.2 Å². The van der Waals surface area contributed by atoms with Crippen LogP contribution in [0.4, 0.5) is 0 Å². The summed E-state index contributed by atoms with van der Waals surface area (Å²) < 4.78 is 0. The molecule has 0 bridgehead atoms. The third-order valence-corrected chi connectivity index (χ3v) is 9.11. The van der Waals surface area contributed by atoms with E-state index in [4.69, 9.17) is 0 Å². The van der Waals surface area contributed by atoms with Gasteiger partial charge in [-0.3, -0.25) is 0 Å². The maximum absolute atomic E-state index is 10.7. The van der Waals surface area contributed by atoms with E-state index in [1.807, 2.05) is 36.0 Å². The minimum Gasteiger partial charge on any atom is -0.508 e. The fraction of sp³-hybridized carbons (Fsp3) is 0.500. The van der Waals surface area contributed by atoms with Gasteiger partial charge in [0.25, 0.3) is 0 Å². The lowest BCUT2D eigenvalue weighted by atomic mass is 9.55. The van der Waals surface area contributed by atoms with E-state index in [0.29, 0.717) is 34.5 Å². The number of aliphatic hydroxyl groups excluding tert-OH is 1. The summed E-state index contributed by atoms with van der Waals surface area (Å²) in [6.07, 6.45) is 4.98. The summed E-state index contributed by atoms with van der Waals surface area (Å²) in [5, 5.41) is 30.8. The van der Waals surface area contributed by atoms with Crippen LogP contribution in [0.5, 0.6) is 11.5 Å². The number of benzene rings is 2. The molecular formula is C24H28O3S. The molecule has 0 aliphatic heterocycles. The molecule has 0 saturated heterocycles. The first kappa shape index (κ1) is 18.4. The molecule has 4 heteroatoms.